The number of nitrogens with one attached hydrogen (secondary N) is 1. The fraction of sp³-hybridized carbons (Fsp3) is 0.167. The average Bonchev–Trinajstić information content (AvgIpc) is 3.25. The molecule has 0 radical (unpaired) electrons. The maximum Gasteiger partial charge on any atom is 0.412 e. The normalized spacial score (nSPS) is 16.3. The zero-order valence-corrected chi connectivity index (χ0v) is 17.8. The lowest BCUT2D eigenvalue weighted by Crippen LogP contribution is -2.34. The number of amidine groups is 1. The Morgan fingerprint density at radius 2 is 1.57 bits per heavy atom. The summed E-state index contributed by atoms with van der Waals surface area (Å²) in [6, 6.07) is 12.7. The van der Waals surface area contributed by atoms with Crippen LogP contribution in [0.25, 0.3) is 0 Å². The largest absolute Gasteiger partial charge is 0.451 e. The van der Waals surface area contributed by atoms with E-state index in [2.05, 4.69) is 10.3 Å². The van der Waals surface area contributed by atoms with Crippen molar-refractivity contribution in [2.24, 2.45) is 4.99 Å². The highest BCUT2D eigenvalue weighted by Crippen LogP contribution is 2.34. The number of carbonyl (C=O) groups is 1. The quantitative estimate of drug-likeness (QED) is 0.276. The lowest BCUT2D eigenvalue weighted by Gasteiger charge is -2.26. The van der Waals surface area contributed by atoms with Crippen molar-refractivity contribution in [2.75, 3.05) is 11.9 Å². The van der Waals surface area contributed by atoms with E-state index in [4.69, 9.17) is 9.47 Å². The molecule has 3 aromatic rings. The van der Waals surface area contributed by atoms with Gasteiger partial charge < -0.3 is 14.4 Å². The van der Waals surface area contributed by atoms with Gasteiger partial charge in [0.15, 0.2) is 6.10 Å². The van der Waals surface area contributed by atoms with Crippen LogP contribution in [0.3, 0.4) is 0 Å². The fourth-order valence-electron chi connectivity index (χ4n) is 3.89. The minimum Gasteiger partial charge on any atom is -0.451 e. The van der Waals surface area contributed by atoms with Crippen LogP contribution in [0.4, 0.5) is 38.1 Å². The van der Waals surface area contributed by atoms with Crippen LogP contribution in [0.5, 0.6) is 11.5 Å². The van der Waals surface area contributed by atoms with Gasteiger partial charge in [-0.15, -0.1) is 0 Å². The number of hydrogen-bond donors (Lipinski definition) is 1. The van der Waals surface area contributed by atoms with Crippen molar-refractivity contribution >= 4 is 23.3 Å². The third kappa shape index (κ3) is 4.25. The van der Waals surface area contributed by atoms with Crippen molar-refractivity contribution in [3.05, 3.63) is 83.2 Å². The zero-order chi connectivity index (χ0) is 24.7. The monoisotopic (exact) mass is 489 g/mol. The Labute approximate surface area is 195 Å². The Morgan fingerprint density at radius 3 is 2.29 bits per heavy atom. The first-order chi connectivity index (χ1) is 16.8. The second-order valence-electron chi connectivity index (χ2n) is 7.85. The van der Waals surface area contributed by atoms with Crippen LogP contribution in [-0.4, -0.2) is 29.5 Å². The summed E-state index contributed by atoms with van der Waals surface area (Å²) < 4.78 is 77.8. The Kier molecular flexibility index (Phi) is 5.75. The number of nitrogens with zero attached hydrogens (tertiary/aromatic N) is 2. The summed E-state index contributed by atoms with van der Waals surface area (Å²) in [5.74, 6) is -11.7. The van der Waals surface area contributed by atoms with E-state index in [1.54, 1.807) is 0 Å². The molecule has 1 saturated heterocycles. The molecule has 180 valence electrons. The third-order valence-corrected chi connectivity index (χ3v) is 5.60. The summed E-state index contributed by atoms with van der Waals surface area (Å²) in [6.07, 6.45) is -0.693. The number of halogens is 5. The van der Waals surface area contributed by atoms with E-state index in [1.165, 1.54) is 24.3 Å². The molecule has 0 spiro atoms. The Bertz CT molecular complexity index is 1320. The smallest absolute Gasteiger partial charge is 0.412 e. The van der Waals surface area contributed by atoms with Crippen molar-refractivity contribution in [2.45, 2.75) is 19.1 Å². The minimum atomic E-state index is -2.28. The minimum absolute atomic E-state index is 0.214. The van der Waals surface area contributed by atoms with Crippen molar-refractivity contribution in [3.63, 3.8) is 0 Å². The topological polar surface area (TPSA) is 63.2 Å². The maximum atomic E-state index is 13.8. The number of fused-ring (bicyclic) bond motifs is 2. The van der Waals surface area contributed by atoms with Gasteiger partial charge in [0.2, 0.25) is 34.8 Å². The summed E-state index contributed by atoms with van der Waals surface area (Å²) in [6.45, 7) is 1.37. The van der Waals surface area contributed by atoms with Gasteiger partial charge in [0.25, 0.3) is 0 Å². The second kappa shape index (κ2) is 8.90. The molecule has 5 rings (SSSR count). The molecule has 0 aliphatic carbocycles. The predicted octanol–water partition coefficient (Wildman–Crippen LogP) is 6.04. The number of amides is 1. The average molecular weight is 489 g/mol. The highest BCUT2D eigenvalue weighted by atomic mass is 19.2. The standard InChI is InChI=1S/C24H16F5N3O3/c25-17-18(26)20(28)22(21(29)19(17)27)34-14-7-5-13(6-8-14)30-24(33)35-16-9-10-32-11-12-3-1-2-4-15(12)31-23(16)32/h1-8,16H,9-11H2,(H,30,33)/t16-/m0/s1. The van der Waals surface area contributed by atoms with Gasteiger partial charge in [-0.3, -0.25) is 5.32 Å². The molecule has 1 fully saturated rings. The summed E-state index contributed by atoms with van der Waals surface area (Å²) in [5, 5.41) is 2.52. The van der Waals surface area contributed by atoms with Crippen molar-refractivity contribution in [3.8, 4) is 11.5 Å². The number of ether oxygens (including phenoxy) is 2. The number of anilines is 1. The molecular formula is C24H16F5N3O3. The molecule has 35 heavy (non-hydrogen) atoms. The van der Waals surface area contributed by atoms with Crippen LogP contribution in [-0.2, 0) is 11.3 Å². The molecule has 2 aliphatic rings. The summed E-state index contributed by atoms with van der Waals surface area (Å²) in [7, 11) is 0. The maximum absolute atomic E-state index is 13.8. The molecule has 0 bridgehead atoms. The van der Waals surface area contributed by atoms with Gasteiger partial charge in [-0.25, -0.2) is 23.0 Å². The van der Waals surface area contributed by atoms with E-state index in [1.807, 2.05) is 29.2 Å². The Morgan fingerprint density at radius 1 is 0.914 bits per heavy atom. The van der Waals surface area contributed by atoms with Crippen LogP contribution in [0.15, 0.2) is 53.5 Å². The summed E-state index contributed by atoms with van der Waals surface area (Å²) in [4.78, 5) is 19.1. The molecule has 0 aromatic heterocycles. The summed E-state index contributed by atoms with van der Waals surface area (Å²) >= 11 is 0. The molecule has 1 amide bonds. The van der Waals surface area contributed by atoms with Crippen molar-refractivity contribution in [1.82, 2.24) is 4.90 Å². The van der Waals surface area contributed by atoms with E-state index >= 15 is 0 Å². The third-order valence-electron chi connectivity index (χ3n) is 5.60. The molecule has 1 N–H and O–H groups in total. The van der Waals surface area contributed by atoms with Crippen LogP contribution in [0, 0.1) is 29.1 Å². The highest BCUT2D eigenvalue weighted by Gasteiger charge is 2.35. The van der Waals surface area contributed by atoms with Gasteiger partial charge in [-0.05, 0) is 35.9 Å². The van der Waals surface area contributed by atoms with Crippen molar-refractivity contribution in [1.29, 1.82) is 0 Å². The molecule has 11 heteroatoms. The Balaban J connectivity index is 1.24. The van der Waals surface area contributed by atoms with E-state index in [0.717, 1.165) is 11.3 Å². The van der Waals surface area contributed by atoms with Gasteiger partial charge in [0.05, 0.1) is 5.69 Å². The van der Waals surface area contributed by atoms with Crippen molar-refractivity contribution < 1.29 is 36.2 Å². The molecule has 2 aliphatic heterocycles. The van der Waals surface area contributed by atoms with Gasteiger partial charge in [0, 0.05) is 25.2 Å². The molecule has 3 aromatic carbocycles. The van der Waals surface area contributed by atoms with Crippen LogP contribution in [0.2, 0.25) is 0 Å². The van der Waals surface area contributed by atoms with E-state index in [9.17, 15) is 26.7 Å². The van der Waals surface area contributed by atoms with Gasteiger partial charge in [-0.1, -0.05) is 18.2 Å². The SMILES string of the molecule is O=C(Nc1ccc(Oc2c(F)c(F)c(F)c(F)c2F)cc1)O[C@H]1CCN2Cc3ccccc3N=C12. The first-order valence-corrected chi connectivity index (χ1v) is 10.5. The highest BCUT2D eigenvalue weighted by molar-refractivity contribution is 5.95. The number of benzene rings is 3. The van der Waals surface area contributed by atoms with E-state index in [-0.39, 0.29) is 11.4 Å². The molecule has 0 unspecified atom stereocenters. The Hall–Kier alpha value is -4.15. The predicted molar refractivity (Wildman–Crippen MR) is 115 cm³/mol. The molecule has 2 heterocycles. The van der Waals surface area contributed by atoms with Crippen LogP contribution >= 0.6 is 0 Å². The molecule has 6 nitrogen and oxygen atoms in total. The number of aliphatic imine (C=N–C) groups is 1. The summed E-state index contributed by atoms with van der Waals surface area (Å²) in [5.41, 5.74) is 2.18. The fourth-order valence-corrected chi connectivity index (χ4v) is 3.89. The first-order valence-electron chi connectivity index (χ1n) is 10.5. The lowest BCUT2D eigenvalue weighted by atomic mass is 10.1. The number of para-hydroxylation sites is 1. The molecule has 1 atom stereocenters. The molecule has 0 saturated carbocycles. The number of carbonyl (C=O) groups excluding carboxylic acids is 1. The molecular weight excluding hydrogens is 473 g/mol. The second-order valence-corrected chi connectivity index (χ2v) is 7.85. The van der Waals surface area contributed by atoms with E-state index < -0.39 is 47.0 Å². The van der Waals surface area contributed by atoms with E-state index in [0.29, 0.717) is 25.3 Å². The van der Waals surface area contributed by atoms with Gasteiger partial charge in [0.1, 0.15) is 11.6 Å². The number of rotatable bonds is 4. The van der Waals surface area contributed by atoms with Crippen LogP contribution < -0.4 is 10.1 Å². The lowest BCUT2D eigenvalue weighted by molar-refractivity contribution is 0.143. The number of hydrogen-bond acceptors (Lipinski definition) is 5. The first kappa shape index (κ1) is 22.6. The zero-order valence-electron chi connectivity index (χ0n) is 17.8. The van der Waals surface area contributed by atoms with Gasteiger partial charge >= 0.3 is 6.09 Å². The van der Waals surface area contributed by atoms with Crippen LogP contribution in [0.1, 0.15) is 12.0 Å². The van der Waals surface area contributed by atoms with Gasteiger partial charge in [-0.2, -0.15) is 8.78 Å².